The van der Waals surface area contributed by atoms with Gasteiger partial charge < -0.3 is 10.3 Å². The molecule has 0 fully saturated rings. The molecule has 0 aliphatic rings. The second-order valence-electron chi connectivity index (χ2n) is 4.72. The van der Waals surface area contributed by atoms with Crippen molar-refractivity contribution in [3.8, 4) is 11.3 Å². The molecule has 0 atom stereocenters. The van der Waals surface area contributed by atoms with Gasteiger partial charge in [-0.3, -0.25) is 10.1 Å². The molecular weight excluding hydrogens is 246 g/mol. The predicted molar refractivity (Wildman–Crippen MR) is 71.8 cm³/mol. The normalized spacial score (nSPS) is 10.9. The van der Waals surface area contributed by atoms with Crippen LogP contribution in [0.2, 0.25) is 0 Å². The van der Waals surface area contributed by atoms with Gasteiger partial charge >= 0.3 is 0 Å². The number of aromatic nitrogens is 1. The minimum Gasteiger partial charge on any atom is -0.381 e. The minimum atomic E-state index is -0.422. The van der Waals surface area contributed by atoms with E-state index in [4.69, 9.17) is 10.3 Å². The molecule has 1 heterocycles. The molecule has 2 rings (SSSR count). The summed E-state index contributed by atoms with van der Waals surface area (Å²) in [4.78, 5) is 10.3. The summed E-state index contributed by atoms with van der Waals surface area (Å²) in [7, 11) is 0. The molecule has 6 heteroatoms. The van der Waals surface area contributed by atoms with Crippen LogP contribution in [0, 0.1) is 17.0 Å². The maximum atomic E-state index is 10.7. The van der Waals surface area contributed by atoms with Crippen molar-refractivity contribution < 1.29 is 9.45 Å². The van der Waals surface area contributed by atoms with Crippen LogP contribution in [-0.4, -0.2) is 10.1 Å². The predicted octanol–water partition coefficient (Wildman–Crippen LogP) is 3.26. The fraction of sp³-hybridized carbons (Fsp3) is 0.308. The van der Waals surface area contributed by atoms with Crippen LogP contribution in [0.1, 0.15) is 30.9 Å². The van der Waals surface area contributed by atoms with Gasteiger partial charge in [-0.1, -0.05) is 19.0 Å². The van der Waals surface area contributed by atoms with Crippen LogP contribution in [0.3, 0.4) is 0 Å². The molecule has 0 unspecified atom stereocenters. The molecule has 2 aromatic rings. The lowest BCUT2D eigenvalue weighted by atomic mass is 9.96. The Morgan fingerprint density at radius 1 is 1.42 bits per heavy atom. The average molecular weight is 261 g/mol. The van der Waals surface area contributed by atoms with Crippen LogP contribution in [0.15, 0.2) is 22.7 Å². The van der Waals surface area contributed by atoms with Crippen molar-refractivity contribution in [3.05, 3.63) is 39.4 Å². The van der Waals surface area contributed by atoms with Gasteiger partial charge in [0.15, 0.2) is 11.6 Å². The van der Waals surface area contributed by atoms with E-state index < -0.39 is 4.92 Å². The highest BCUT2D eigenvalue weighted by molar-refractivity contribution is 5.71. The van der Waals surface area contributed by atoms with Crippen LogP contribution >= 0.6 is 0 Å². The van der Waals surface area contributed by atoms with E-state index >= 15 is 0 Å². The van der Waals surface area contributed by atoms with E-state index in [1.165, 1.54) is 12.1 Å². The fourth-order valence-electron chi connectivity index (χ4n) is 2.08. The summed E-state index contributed by atoms with van der Waals surface area (Å²) in [5.74, 6) is 1.11. The number of nitro benzene ring substituents is 1. The molecule has 0 amide bonds. The number of aryl methyl sites for hydroxylation is 1. The molecule has 19 heavy (non-hydrogen) atoms. The molecule has 0 spiro atoms. The Bertz CT molecular complexity index is 632. The number of nitro groups is 1. The first-order valence-electron chi connectivity index (χ1n) is 5.92. The van der Waals surface area contributed by atoms with E-state index in [2.05, 4.69) is 5.16 Å². The molecular formula is C13H15N3O3. The number of benzene rings is 1. The summed E-state index contributed by atoms with van der Waals surface area (Å²) in [6.07, 6.45) is 0. The molecule has 100 valence electrons. The number of hydrogen-bond acceptors (Lipinski definition) is 5. The van der Waals surface area contributed by atoms with Crippen LogP contribution in [-0.2, 0) is 0 Å². The van der Waals surface area contributed by atoms with Gasteiger partial charge in [0, 0.05) is 23.3 Å². The average Bonchev–Trinajstić information content (AvgIpc) is 2.70. The Morgan fingerprint density at radius 2 is 2.11 bits per heavy atom. The zero-order valence-electron chi connectivity index (χ0n) is 11.0. The molecule has 1 aromatic heterocycles. The van der Waals surface area contributed by atoms with Gasteiger partial charge in [-0.25, -0.2) is 0 Å². The first-order valence-corrected chi connectivity index (χ1v) is 5.92. The Kier molecular flexibility index (Phi) is 3.25. The number of non-ortho nitro benzene ring substituents is 1. The highest BCUT2D eigenvalue weighted by atomic mass is 16.6. The van der Waals surface area contributed by atoms with E-state index in [1.807, 2.05) is 13.8 Å². The van der Waals surface area contributed by atoms with E-state index in [0.717, 1.165) is 16.7 Å². The smallest absolute Gasteiger partial charge is 0.269 e. The second-order valence-corrected chi connectivity index (χ2v) is 4.72. The SMILES string of the molecule is Cc1cc([N+](=O)[O-])ccc1-c1onc(N)c1C(C)C. The third kappa shape index (κ3) is 2.29. The van der Waals surface area contributed by atoms with E-state index in [-0.39, 0.29) is 11.6 Å². The van der Waals surface area contributed by atoms with Crippen LogP contribution in [0.4, 0.5) is 11.5 Å². The summed E-state index contributed by atoms with van der Waals surface area (Å²) in [6.45, 7) is 5.78. The van der Waals surface area contributed by atoms with Crippen molar-refractivity contribution in [1.29, 1.82) is 0 Å². The van der Waals surface area contributed by atoms with E-state index in [0.29, 0.717) is 11.6 Å². The molecule has 0 aliphatic carbocycles. The summed E-state index contributed by atoms with van der Waals surface area (Å²) >= 11 is 0. The van der Waals surface area contributed by atoms with Gasteiger partial charge in [-0.15, -0.1) is 0 Å². The summed E-state index contributed by atoms with van der Waals surface area (Å²) < 4.78 is 5.28. The van der Waals surface area contributed by atoms with Gasteiger partial charge in [-0.05, 0) is 24.5 Å². The fourth-order valence-corrected chi connectivity index (χ4v) is 2.08. The van der Waals surface area contributed by atoms with Gasteiger partial charge in [0.2, 0.25) is 0 Å². The summed E-state index contributed by atoms with van der Waals surface area (Å²) in [5.41, 5.74) is 8.21. The van der Waals surface area contributed by atoms with Crippen LogP contribution in [0.5, 0.6) is 0 Å². The lowest BCUT2D eigenvalue weighted by Gasteiger charge is -2.07. The Hall–Kier alpha value is -2.37. The van der Waals surface area contributed by atoms with E-state index in [9.17, 15) is 10.1 Å². The van der Waals surface area contributed by atoms with Gasteiger partial charge in [-0.2, -0.15) is 0 Å². The zero-order chi connectivity index (χ0) is 14.2. The van der Waals surface area contributed by atoms with Crippen LogP contribution in [0.25, 0.3) is 11.3 Å². The largest absolute Gasteiger partial charge is 0.381 e. The molecule has 0 saturated carbocycles. The van der Waals surface area contributed by atoms with E-state index in [1.54, 1.807) is 13.0 Å². The summed E-state index contributed by atoms with van der Waals surface area (Å²) in [5, 5.41) is 14.5. The number of hydrogen-bond donors (Lipinski definition) is 1. The lowest BCUT2D eigenvalue weighted by molar-refractivity contribution is -0.384. The lowest BCUT2D eigenvalue weighted by Crippen LogP contribution is -1.96. The first kappa shape index (κ1) is 13.1. The Morgan fingerprint density at radius 3 is 2.63 bits per heavy atom. The van der Waals surface area contributed by atoms with Crippen molar-refractivity contribution in [1.82, 2.24) is 5.16 Å². The topological polar surface area (TPSA) is 95.2 Å². The number of anilines is 1. The van der Waals surface area contributed by atoms with Crippen molar-refractivity contribution >= 4 is 11.5 Å². The number of rotatable bonds is 3. The molecule has 2 N–H and O–H groups in total. The summed E-state index contributed by atoms with van der Waals surface area (Å²) in [6, 6.07) is 4.63. The molecule has 0 aliphatic heterocycles. The maximum Gasteiger partial charge on any atom is 0.269 e. The minimum absolute atomic E-state index is 0.0554. The van der Waals surface area contributed by atoms with Crippen LogP contribution < -0.4 is 5.73 Å². The number of nitrogens with two attached hydrogens (primary N) is 1. The first-order chi connectivity index (χ1) is 8.91. The van der Waals surface area contributed by atoms with Crippen molar-refractivity contribution in [2.24, 2.45) is 0 Å². The Balaban J connectivity index is 2.57. The van der Waals surface area contributed by atoms with Crippen molar-refractivity contribution in [3.63, 3.8) is 0 Å². The third-order valence-electron chi connectivity index (χ3n) is 3.00. The standard InChI is InChI=1S/C13H15N3O3/c1-7(2)11-12(19-15-13(11)14)10-5-4-9(16(17)18)6-8(10)3/h4-7H,1-3H3,(H2,14,15). The Labute approximate surface area is 110 Å². The second kappa shape index (κ2) is 4.72. The molecule has 0 bridgehead atoms. The highest BCUT2D eigenvalue weighted by Crippen LogP contribution is 2.35. The number of nitrogen functional groups attached to an aromatic ring is 1. The monoisotopic (exact) mass is 261 g/mol. The van der Waals surface area contributed by atoms with Gasteiger partial charge in [0.05, 0.1) is 4.92 Å². The number of nitrogens with zero attached hydrogens (tertiary/aromatic N) is 2. The van der Waals surface area contributed by atoms with Crippen molar-refractivity contribution in [2.75, 3.05) is 5.73 Å². The molecule has 0 saturated heterocycles. The molecule has 0 radical (unpaired) electrons. The highest BCUT2D eigenvalue weighted by Gasteiger charge is 2.21. The third-order valence-corrected chi connectivity index (χ3v) is 3.00. The van der Waals surface area contributed by atoms with Gasteiger partial charge in [0.25, 0.3) is 5.69 Å². The zero-order valence-corrected chi connectivity index (χ0v) is 11.0. The van der Waals surface area contributed by atoms with Crippen molar-refractivity contribution in [2.45, 2.75) is 26.7 Å². The quantitative estimate of drug-likeness (QED) is 0.675. The molecule has 6 nitrogen and oxygen atoms in total. The van der Waals surface area contributed by atoms with Gasteiger partial charge in [0.1, 0.15) is 0 Å². The maximum absolute atomic E-state index is 10.7. The molecule has 1 aromatic carbocycles.